The van der Waals surface area contributed by atoms with Crippen molar-refractivity contribution in [2.45, 2.75) is 0 Å². The first-order valence-corrected chi connectivity index (χ1v) is 6.05. The molecule has 3 rings (SSSR count). The summed E-state index contributed by atoms with van der Waals surface area (Å²) in [5.74, 6) is -0.101. The molecule has 0 radical (unpaired) electrons. The maximum atomic E-state index is 13.4. The fraction of sp³-hybridized carbons (Fsp3) is 0.143. The maximum Gasteiger partial charge on any atom is 0.277 e. The molecule has 0 saturated heterocycles. The Labute approximate surface area is 114 Å². The number of halogens is 1. The van der Waals surface area contributed by atoms with Gasteiger partial charge in [-0.3, -0.25) is 4.79 Å². The molecule has 0 aliphatic carbocycles. The zero-order valence-electron chi connectivity index (χ0n) is 10.4. The number of anilines is 1. The SMILES string of the molecule is O=C(Nc1ccc2c(c1)OCCO2)c1ncccc1F. The normalized spacial score (nSPS) is 12.8. The lowest BCUT2D eigenvalue weighted by molar-refractivity contribution is 0.101. The van der Waals surface area contributed by atoms with Crippen LogP contribution in [0.2, 0.25) is 0 Å². The summed E-state index contributed by atoms with van der Waals surface area (Å²) >= 11 is 0. The van der Waals surface area contributed by atoms with Gasteiger partial charge in [0, 0.05) is 18.0 Å². The number of ether oxygens (including phenoxy) is 2. The molecule has 1 aromatic carbocycles. The average Bonchev–Trinajstić information content (AvgIpc) is 2.47. The van der Waals surface area contributed by atoms with Crippen LogP contribution in [0.4, 0.5) is 10.1 Å². The Balaban J connectivity index is 1.81. The van der Waals surface area contributed by atoms with Crippen LogP contribution < -0.4 is 14.8 Å². The van der Waals surface area contributed by atoms with E-state index in [1.165, 1.54) is 18.3 Å². The lowest BCUT2D eigenvalue weighted by atomic mass is 10.2. The van der Waals surface area contributed by atoms with Crippen molar-refractivity contribution in [1.29, 1.82) is 0 Å². The summed E-state index contributed by atoms with van der Waals surface area (Å²) in [5.41, 5.74) is 0.242. The van der Waals surface area contributed by atoms with E-state index in [9.17, 15) is 9.18 Å². The summed E-state index contributed by atoms with van der Waals surface area (Å²) in [5, 5.41) is 2.57. The predicted octanol–water partition coefficient (Wildman–Crippen LogP) is 2.24. The van der Waals surface area contributed by atoms with Gasteiger partial charge in [0.05, 0.1) is 0 Å². The third kappa shape index (κ3) is 2.40. The molecule has 1 aromatic heterocycles. The zero-order chi connectivity index (χ0) is 13.9. The van der Waals surface area contributed by atoms with Gasteiger partial charge >= 0.3 is 0 Å². The third-order valence-electron chi connectivity index (χ3n) is 2.77. The largest absolute Gasteiger partial charge is 0.486 e. The number of pyridine rings is 1. The summed E-state index contributed by atoms with van der Waals surface area (Å²) in [6.45, 7) is 0.955. The van der Waals surface area contributed by atoms with Crippen molar-refractivity contribution in [1.82, 2.24) is 4.98 Å². The van der Waals surface area contributed by atoms with Crippen molar-refractivity contribution in [3.8, 4) is 11.5 Å². The molecule has 6 heteroatoms. The summed E-state index contributed by atoms with van der Waals surface area (Å²) in [7, 11) is 0. The van der Waals surface area contributed by atoms with Crippen molar-refractivity contribution in [3.05, 3.63) is 48.0 Å². The molecule has 102 valence electrons. The van der Waals surface area contributed by atoms with Gasteiger partial charge in [-0.05, 0) is 24.3 Å². The van der Waals surface area contributed by atoms with E-state index >= 15 is 0 Å². The lowest BCUT2D eigenvalue weighted by Gasteiger charge is -2.18. The topological polar surface area (TPSA) is 60.5 Å². The molecule has 1 aliphatic heterocycles. The van der Waals surface area contributed by atoms with Gasteiger partial charge in [0.1, 0.15) is 13.2 Å². The lowest BCUT2D eigenvalue weighted by Crippen LogP contribution is -2.17. The Morgan fingerprint density at radius 1 is 1.20 bits per heavy atom. The maximum absolute atomic E-state index is 13.4. The van der Waals surface area contributed by atoms with E-state index in [0.717, 1.165) is 0 Å². The number of aromatic nitrogens is 1. The molecule has 2 aromatic rings. The van der Waals surface area contributed by atoms with E-state index in [1.807, 2.05) is 0 Å². The van der Waals surface area contributed by atoms with Crippen LogP contribution in [-0.2, 0) is 0 Å². The van der Waals surface area contributed by atoms with Crippen LogP contribution in [0.25, 0.3) is 0 Å². The van der Waals surface area contributed by atoms with E-state index in [1.54, 1.807) is 18.2 Å². The number of carbonyl (C=O) groups is 1. The van der Waals surface area contributed by atoms with Crippen LogP contribution >= 0.6 is 0 Å². The van der Waals surface area contributed by atoms with Gasteiger partial charge < -0.3 is 14.8 Å². The van der Waals surface area contributed by atoms with E-state index in [-0.39, 0.29) is 5.69 Å². The number of hydrogen-bond acceptors (Lipinski definition) is 4. The fourth-order valence-electron chi connectivity index (χ4n) is 1.86. The first-order chi connectivity index (χ1) is 9.74. The molecule has 0 spiro atoms. The van der Waals surface area contributed by atoms with Crippen molar-refractivity contribution < 1.29 is 18.7 Å². The Kier molecular flexibility index (Phi) is 3.20. The molecule has 20 heavy (non-hydrogen) atoms. The Morgan fingerprint density at radius 2 is 2.00 bits per heavy atom. The second-order valence-corrected chi connectivity index (χ2v) is 4.15. The second-order valence-electron chi connectivity index (χ2n) is 4.15. The Bertz CT molecular complexity index is 661. The molecular formula is C14H11FN2O3. The van der Waals surface area contributed by atoms with E-state index in [0.29, 0.717) is 30.4 Å². The molecule has 0 unspecified atom stereocenters. The van der Waals surface area contributed by atoms with Crippen molar-refractivity contribution in [2.24, 2.45) is 0 Å². The van der Waals surface area contributed by atoms with Gasteiger partial charge in [-0.15, -0.1) is 0 Å². The number of nitrogens with one attached hydrogen (secondary N) is 1. The van der Waals surface area contributed by atoms with Crippen LogP contribution in [-0.4, -0.2) is 24.1 Å². The molecular weight excluding hydrogens is 263 g/mol. The molecule has 0 atom stereocenters. The van der Waals surface area contributed by atoms with Gasteiger partial charge in [0.25, 0.3) is 5.91 Å². The van der Waals surface area contributed by atoms with Gasteiger partial charge in [0.2, 0.25) is 0 Å². The number of benzene rings is 1. The minimum absolute atomic E-state index is 0.248. The minimum Gasteiger partial charge on any atom is -0.486 e. The molecule has 1 amide bonds. The number of rotatable bonds is 2. The van der Waals surface area contributed by atoms with Gasteiger partial charge in [0.15, 0.2) is 23.0 Å². The van der Waals surface area contributed by atoms with Crippen LogP contribution in [0.5, 0.6) is 11.5 Å². The number of nitrogens with zero attached hydrogens (tertiary/aromatic N) is 1. The number of carbonyl (C=O) groups excluding carboxylic acids is 1. The second kappa shape index (κ2) is 5.16. The van der Waals surface area contributed by atoms with E-state index in [4.69, 9.17) is 9.47 Å². The van der Waals surface area contributed by atoms with Gasteiger partial charge in [-0.2, -0.15) is 0 Å². The molecule has 0 saturated carbocycles. The zero-order valence-corrected chi connectivity index (χ0v) is 10.4. The fourth-order valence-corrected chi connectivity index (χ4v) is 1.86. The smallest absolute Gasteiger partial charge is 0.277 e. The van der Waals surface area contributed by atoms with Crippen LogP contribution in [0.3, 0.4) is 0 Å². The highest BCUT2D eigenvalue weighted by Crippen LogP contribution is 2.32. The molecule has 2 heterocycles. The van der Waals surface area contributed by atoms with E-state index < -0.39 is 11.7 Å². The highest BCUT2D eigenvalue weighted by molar-refractivity contribution is 6.03. The monoisotopic (exact) mass is 274 g/mol. The van der Waals surface area contributed by atoms with Gasteiger partial charge in [-0.25, -0.2) is 9.37 Å². The molecule has 0 fully saturated rings. The quantitative estimate of drug-likeness (QED) is 0.912. The van der Waals surface area contributed by atoms with Gasteiger partial charge in [-0.1, -0.05) is 0 Å². The van der Waals surface area contributed by atoms with Crippen LogP contribution in [0, 0.1) is 5.82 Å². The molecule has 1 N–H and O–H groups in total. The first-order valence-electron chi connectivity index (χ1n) is 6.05. The Hall–Kier alpha value is -2.63. The number of hydrogen-bond donors (Lipinski definition) is 1. The van der Waals surface area contributed by atoms with Crippen molar-refractivity contribution >= 4 is 11.6 Å². The standard InChI is InChI=1S/C14H11FN2O3/c15-10-2-1-5-16-13(10)14(18)17-9-3-4-11-12(8-9)20-7-6-19-11/h1-5,8H,6-7H2,(H,17,18). The molecule has 0 bridgehead atoms. The number of fused-ring (bicyclic) bond motifs is 1. The Morgan fingerprint density at radius 3 is 2.80 bits per heavy atom. The average molecular weight is 274 g/mol. The van der Waals surface area contributed by atoms with Crippen molar-refractivity contribution in [3.63, 3.8) is 0 Å². The molecule has 1 aliphatic rings. The van der Waals surface area contributed by atoms with E-state index in [2.05, 4.69) is 10.3 Å². The first kappa shape index (κ1) is 12.4. The number of amides is 1. The van der Waals surface area contributed by atoms with Crippen LogP contribution in [0.1, 0.15) is 10.5 Å². The van der Waals surface area contributed by atoms with Crippen molar-refractivity contribution in [2.75, 3.05) is 18.5 Å². The highest BCUT2D eigenvalue weighted by atomic mass is 19.1. The molecule has 5 nitrogen and oxygen atoms in total. The summed E-state index contributed by atoms with van der Waals surface area (Å²) in [4.78, 5) is 15.6. The predicted molar refractivity (Wildman–Crippen MR) is 69.6 cm³/mol. The highest BCUT2D eigenvalue weighted by Gasteiger charge is 2.15. The third-order valence-corrected chi connectivity index (χ3v) is 2.77. The van der Waals surface area contributed by atoms with Crippen LogP contribution in [0.15, 0.2) is 36.5 Å². The summed E-state index contributed by atoms with van der Waals surface area (Å²) < 4.78 is 24.2. The minimum atomic E-state index is -0.664. The summed E-state index contributed by atoms with van der Waals surface area (Å²) in [6, 6.07) is 7.60. The summed E-state index contributed by atoms with van der Waals surface area (Å²) in [6.07, 6.45) is 1.36.